The van der Waals surface area contributed by atoms with Crippen molar-refractivity contribution in [3.63, 3.8) is 0 Å². The largest absolute Gasteiger partial charge is 0.508 e. The monoisotopic (exact) mass is 704 g/mol. The van der Waals surface area contributed by atoms with Crippen LogP contribution in [0.25, 0.3) is 5.57 Å². The molecule has 2 fully saturated rings. The van der Waals surface area contributed by atoms with Crippen LogP contribution >= 0.6 is 0 Å². The molecule has 2 aliphatic heterocycles. The van der Waals surface area contributed by atoms with Gasteiger partial charge in [-0.15, -0.1) is 0 Å². The highest BCUT2D eigenvalue weighted by atomic mass is 16.6. The maximum absolute atomic E-state index is 15.2. The van der Waals surface area contributed by atoms with E-state index in [4.69, 9.17) is 4.74 Å². The summed E-state index contributed by atoms with van der Waals surface area (Å²) in [4.78, 5) is 71.1. The van der Waals surface area contributed by atoms with Crippen molar-refractivity contribution in [2.45, 2.75) is 24.7 Å². The number of Topliss-reactive ketones (excluding diaryl/α,β-unsaturated/α-hetero) is 1. The van der Waals surface area contributed by atoms with Crippen molar-refractivity contribution in [1.29, 1.82) is 0 Å². The number of nitrogens with zero attached hydrogens (tertiary/aromatic N) is 2. The van der Waals surface area contributed by atoms with Crippen molar-refractivity contribution >= 4 is 40.3 Å². The Morgan fingerprint density at radius 2 is 1.60 bits per heavy atom. The molecule has 0 radical (unpaired) electrons. The number of phenols is 1. The lowest BCUT2D eigenvalue weighted by atomic mass is 9.44. The van der Waals surface area contributed by atoms with Gasteiger partial charge in [0.15, 0.2) is 11.6 Å². The molecule has 4 aromatic carbocycles. The molecule has 1 saturated carbocycles. The van der Waals surface area contributed by atoms with Gasteiger partial charge < -0.3 is 9.84 Å². The summed E-state index contributed by atoms with van der Waals surface area (Å²) in [7, 11) is 0. The fourth-order valence-electron chi connectivity index (χ4n) is 9.69. The number of allylic oxidation sites excluding steroid dienone is 5. The molecule has 10 heteroatoms. The average Bonchev–Trinajstić information content (AvgIpc) is 3.44. The number of hydrogen-bond acceptors (Lipinski definition) is 8. The first kappa shape index (κ1) is 32.5. The quantitative estimate of drug-likeness (QED) is 0.105. The molecule has 3 aliphatic carbocycles. The molecule has 9 rings (SSSR count). The molecule has 262 valence electrons. The number of aromatic hydroxyl groups is 1. The molecule has 4 aromatic rings. The molecule has 2 amide bonds. The molecule has 0 aromatic heterocycles. The zero-order chi connectivity index (χ0) is 36.6. The minimum absolute atomic E-state index is 0.0566. The minimum Gasteiger partial charge on any atom is -0.508 e. The van der Waals surface area contributed by atoms with Gasteiger partial charge in [-0.3, -0.25) is 29.3 Å². The zero-order valence-corrected chi connectivity index (χ0v) is 28.3. The van der Waals surface area contributed by atoms with Crippen molar-refractivity contribution in [2.24, 2.45) is 29.6 Å². The van der Waals surface area contributed by atoms with Crippen LogP contribution in [0, 0.1) is 39.7 Å². The zero-order valence-electron chi connectivity index (χ0n) is 28.3. The highest BCUT2D eigenvalue weighted by Crippen LogP contribution is 2.63. The number of fused-ring (bicyclic) bond motifs is 5. The Morgan fingerprint density at radius 3 is 2.36 bits per heavy atom. The fraction of sp³-hybridized carbons (Fsp3) is 0.209. The van der Waals surface area contributed by atoms with Crippen LogP contribution < -0.4 is 9.64 Å². The Kier molecular flexibility index (Phi) is 7.41. The van der Waals surface area contributed by atoms with E-state index in [1.807, 2.05) is 54.6 Å². The second-order valence-electron chi connectivity index (χ2n) is 14.4. The van der Waals surface area contributed by atoms with Gasteiger partial charge in [0.1, 0.15) is 11.5 Å². The van der Waals surface area contributed by atoms with Gasteiger partial charge in [-0.05, 0) is 65.8 Å². The number of imide groups is 1. The van der Waals surface area contributed by atoms with E-state index in [2.05, 4.69) is 0 Å². The number of rotatable bonds is 5. The molecule has 0 spiro atoms. The third kappa shape index (κ3) is 4.78. The second-order valence-corrected chi connectivity index (χ2v) is 14.4. The Labute approximate surface area is 303 Å². The van der Waals surface area contributed by atoms with Gasteiger partial charge in [0.25, 0.3) is 5.69 Å². The van der Waals surface area contributed by atoms with E-state index >= 15 is 9.59 Å². The molecule has 0 unspecified atom stereocenters. The van der Waals surface area contributed by atoms with Gasteiger partial charge in [0, 0.05) is 41.5 Å². The smallest absolute Gasteiger partial charge is 0.271 e. The average molecular weight is 705 g/mol. The lowest BCUT2D eigenvalue weighted by molar-refractivity contribution is -0.384. The number of benzene rings is 4. The van der Waals surface area contributed by atoms with Crippen LogP contribution in [-0.2, 0) is 31.0 Å². The maximum atomic E-state index is 15.2. The summed E-state index contributed by atoms with van der Waals surface area (Å²) in [5, 5.41) is 22.1. The topological polar surface area (TPSA) is 144 Å². The van der Waals surface area contributed by atoms with Gasteiger partial charge in [-0.2, -0.15) is 0 Å². The number of carbonyl (C=O) groups is 4. The Balaban J connectivity index is 1.24. The number of anilines is 1. The summed E-state index contributed by atoms with van der Waals surface area (Å²) in [6.45, 7) is 0. The number of hydrogen-bond donors (Lipinski definition) is 1. The number of phenolic OH excluding ortho intramolecular Hbond substituents is 1. The second kappa shape index (κ2) is 12.1. The Bertz CT molecular complexity index is 2360. The normalized spacial score (nSPS) is 27.4. The molecule has 1 saturated heterocycles. The highest BCUT2D eigenvalue weighted by Gasteiger charge is 2.66. The summed E-state index contributed by atoms with van der Waals surface area (Å²) in [5.41, 5.74) is 2.22. The minimum atomic E-state index is -1.42. The SMILES string of the molecule is O=C1C(c2ccccc2)=CC(=O)[C@@]2(c3ccccc3)[C@@H](C3=COc4ccc(O)cc4C3)C3=CC[C@@H]4C(=O)N(c5cccc([N+](=O)[O-])c5)C(=O)[C@@H]4[C@@H]3C[C@@H]12. The molecule has 10 nitrogen and oxygen atoms in total. The van der Waals surface area contributed by atoms with E-state index in [0.717, 1.165) is 10.5 Å². The molecule has 53 heavy (non-hydrogen) atoms. The van der Waals surface area contributed by atoms with Crippen molar-refractivity contribution in [3.8, 4) is 11.5 Å². The van der Waals surface area contributed by atoms with Gasteiger partial charge in [-0.1, -0.05) is 78.4 Å². The number of ketones is 2. The summed E-state index contributed by atoms with van der Waals surface area (Å²) in [5.74, 6) is -4.70. The lowest BCUT2D eigenvalue weighted by Gasteiger charge is -2.56. The first-order valence-electron chi connectivity index (χ1n) is 17.6. The molecular formula is C43H32N2O8. The summed E-state index contributed by atoms with van der Waals surface area (Å²) in [6, 6.07) is 28.7. The third-order valence-electron chi connectivity index (χ3n) is 11.8. The number of ether oxygens (including phenoxy) is 1. The first-order chi connectivity index (χ1) is 25.7. The van der Waals surface area contributed by atoms with E-state index in [1.54, 1.807) is 30.5 Å². The van der Waals surface area contributed by atoms with E-state index in [0.29, 0.717) is 40.0 Å². The molecule has 0 bridgehead atoms. The van der Waals surface area contributed by atoms with Crippen LogP contribution in [0.15, 0.2) is 133 Å². The van der Waals surface area contributed by atoms with Crippen LogP contribution in [0.3, 0.4) is 0 Å². The van der Waals surface area contributed by atoms with Crippen LogP contribution in [0.5, 0.6) is 11.5 Å². The molecule has 6 atom stereocenters. The van der Waals surface area contributed by atoms with Crippen LogP contribution in [0.1, 0.15) is 29.5 Å². The summed E-state index contributed by atoms with van der Waals surface area (Å²) >= 11 is 0. The van der Waals surface area contributed by atoms with Crippen molar-refractivity contribution < 1.29 is 33.9 Å². The van der Waals surface area contributed by atoms with Gasteiger partial charge in [0.05, 0.1) is 34.1 Å². The predicted octanol–water partition coefficient (Wildman–Crippen LogP) is 6.68. The number of nitro benzene ring substituents is 1. The van der Waals surface area contributed by atoms with Crippen molar-refractivity contribution in [1.82, 2.24) is 0 Å². The first-order valence-corrected chi connectivity index (χ1v) is 17.6. The number of nitro groups is 1. The summed E-state index contributed by atoms with van der Waals surface area (Å²) < 4.78 is 6.17. The fourth-order valence-corrected chi connectivity index (χ4v) is 9.69. The van der Waals surface area contributed by atoms with Gasteiger partial charge in [-0.25, -0.2) is 4.90 Å². The van der Waals surface area contributed by atoms with Gasteiger partial charge in [0.2, 0.25) is 11.8 Å². The molecular weight excluding hydrogens is 672 g/mol. The lowest BCUT2D eigenvalue weighted by Crippen LogP contribution is -2.60. The number of non-ortho nitro benzene ring substituents is 1. The maximum Gasteiger partial charge on any atom is 0.271 e. The van der Waals surface area contributed by atoms with E-state index in [9.17, 15) is 24.8 Å². The standard InChI is InChI=1S/C43H32N2O8/c46-30-14-17-36-25(19-30)18-26(23-53-36)39-31-15-16-32-38(42(50)44(41(32)49)28-12-7-13-29(20-28)45(51)52)34(31)21-35-40(48)33(24-8-3-1-4-9-24)22-37(47)43(35,39)27-10-5-2-6-11-27/h1-15,17,19-20,22-23,32,34-35,38-39,46H,16,18,21H2/t32-,34+,35-,38-,39-,43-/m0/s1. The number of amides is 2. The van der Waals surface area contributed by atoms with E-state index in [-0.39, 0.29) is 41.5 Å². The van der Waals surface area contributed by atoms with Crippen LogP contribution in [0.4, 0.5) is 11.4 Å². The summed E-state index contributed by atoms with van der Waals surface area (Å²) in [6.07, 6.45) is 5.70. The third-order valence-corrected chi connectivity index (χ3v) is 11.8. The van der Waals surface area contributed by atoms with Crippen molar-refractivity contribution in [2.75, 3.05) is 4.90 Å². The molecule has 1 N–H and O–H groups in total. The van der Waals surface area contributed by atoms with Crippen molar-refractivity contribution in [3.05, 3.63) is 159 Å². The van der Waals surface area contributed by atoms with Gasteiger partial charge >= 0.3 is 0 Å². The Hall–Kier alpha value is -6.42. The van der Waals surface area contributed by atoms with E-state index in [1.165, 1.54) is 36.4 Å². The molecule has 5 aliphatic rings. The predicted molar refractivity (Wildman–Crippen MR) is 193 cm³/mol. The van der Waals surface area contributed by atoms with Crippen LogP contribution in [0.2, 0.25) is 0 Å². The van der Waals surface area contributed by atoms with Crippen LogP contribution in [-0.4, -0.2) is 33.4 Å². The number of carbonyl (C=O) groups excluding carboxylic acids is 4. The highest BCUT2D eigenvalue weighted by molar-refractivity contribution is 6.31. The Morgan fingerprint density at radius 1 is 0.849 bits per heavy atom. The molecule has 2 heterocycles. The van der Waals surface area contributed by atoms with E-state index < -0.39 is 51.7 Å².